The summed E-state index contributed by atoms with van der Waals surface area (Å²) in [6.07, 6.45) is 6.76. The number of hydrogen-bond donors (Lipinski definition) is 0. The van der Waals surface area contributed by atoms with E-state index in [-0.39, 0.29) is 18.9 Å². The van der Waals surface area contributed by atoms with Crippen molar-refractivity contribution in [2.24, 2.45) is 0 Å². The second-order valence-corrected chi connectivity index (χ2v) is 2.94. The molecule has 0 radical (unpaired) electrons. The van der Waals surface area contributed by atoms with Gasteiger partial charge in [-0.05, 0) is 12.0 Å². The minimum Gasteiger partial charge on any atom is -0.498 e. The molecule has 1 aromatic rings. The van der Waals surface area contributed by atoms with Crippen molar-refractivity contribution in [1.29, 1.82) is 0 Å². The van der Waals surface area contributed by atoms with Gasteiger partial charge < -0.3 is 6.08 Å². The maximum atomic E-state index is 3.22. The van der Waals surface area contributed by atoms with Gasteiger partial charge in [-0.25, -0.2) is 0 Å². The SMILES string of the molecule is [C-]1=C(CCc2ccccc2)C1.[Li+]. The summed E-state index contributed by atoms with van der Waals surface area (Å²) < 4.78 is 0. The Balaban J connectivity index is 0.000000720. The molecule has 0 spiro atoms. The first-order valence-electron chi connectivity index (χ1n) is 4.07. The fraction of sp³-hybridized carbons (Fsp3) is 0.273. The van der Waals surface area contributed by atoms with Crippen LogP contribution < -0.4 is 18.9 Å². The van der Waals surface area contributed by atoms with E-state index in [1.807, 2.05) is 0 Å². The molecule has 0 amide bonds. The second-order valence-electron chi connectivity index (χ2n) is 2.94. The standard InChI is InChI=1S/C11H11.Li/c1-2-4-10(5-3-1)6-7-11-8-9-11;/h1-5H,6-8H2;/q-1;+1. The van der Waals surface area contributed by atoms with Crippen LogP contribution in [0.3, 0.4) is 0 Å². The molecule has 0 N–H and O–H groups in total. The summed E-state index contributed by atoms with van der Waals surface area (Å²) in [5, 5.41) is 0. The summed E-state index contributed by atoms with van der Waals surface area (Å²) in [7, 11) is 0. The van der Waals surface area contributed by atoms with E-state index in [9.17, 15) is 0 Å². The molecular weight excluding hydrogens is 139 g/mol. The summed E-state index contributed by atoms with van der Waals surface area (Å²) in [6, 6.07) is 10.6. The van der Waals surface area contributed by atoms with E-state index in [2.05, 4.69) is 36.4 Å². The Hall–Kier alpha value is -0.443. The van der Waals surface area contributed by atoms with Gasteiger partial charge in [0.2, 0.25) is 0 Å². The fourth-order valence-electron chi connectivity index (χ4n) is 1.18. The van der Waals surface area contributed by atoms with Gasteiger partial charge in [0.1, 0.15) is 0 Å². The molecule has 1 aliphatic carbocycles. The molecule has 0 aromatic heterocycles. The zero-order chi connectivity index (χ0) is 7.52. The molecule has 12 heavy (non-hydrogen) atoms. The molecule has 1 aliphatic rings. The van der Waals surface area contributed by atoms with Gasteiger partial charge in [0.05, 0.1) is 0 Å². The normalized spacial score (nSPS) is 13.2. The number of allylic oxidation sites excluding steroid dienone is 2. The smallest absolute Gasteiger partial charge is 0.498 e. The zero-order valence-corrected chi connectivity index (χ0v) is 7.51. The van der Waals surface area contributed by atoms with Crippen molar-refractivity contribution in [2.45, 2.75) is 19.3 Å². The van der Waals surface area contributed by atoms with Crippen molar-refractivity contribution < 1.29 is 18.9 Å². The van der Waals surface area contributed by atoms with E-state index in [1.54, 1.807) is 0 Å². The fourth-order valence-corrected chi connectivity index (χ4v) is 1.18. The molecule has 0 unspecified atom stereocenters. The number of benzene rings is 1. The Bertz CT molecular complexity index is 262. The molecule has 1 aromatic carbocycles. The summed E-state index contributed by atoms with van der Waals surface area (Å²) in [5.74, 6) is 0. The van der Waals surface area contributed by atoms with Gasteiger partial charge in [0, 0.05) is 0 Å². The van der Waals surface area contributed by atoms with Crippen LogP contribution in [0.2, 0.25) is 0 Å². The third kappa shape index (κ3) is 2.89. The monoisotopic (exact) mass is 150 g/mol. The van der Waals surface area contributed by atoms with Crippen LogP contribution in [-0.4, -0.2) is 0 Å². The predicted molar refractivity (Wildman–Crippen MR) is 46.1 cm³/mol. The molecule has 0 saturated carbocycles. The first-order chi connectivity index (χ1) is 5.45. The molecule has 0 atom stereocenters. The van der Waals surface area contributed by atoms with E-state index in [0.717, 1.165) is 6.42 Å². The molecule has 0 fully saturated rings. The quantitative estimate of drug-likeness (QED) is 0.412. The van der Waals surface area contributed by atoms with Crippen molar-refractivity contribution in [2.75, 3.05) is 0 Å². The first-order valence-corrected chi connectivity index (χ1v) is 4.07. The largest absolute Gasteiger partial charge is 1.00 e. The summed E-state index contributed by atoms with van der Waals surface area (Å²) in [5.41, 5.74) is 2.95. The van der Waals surface area contributed by atoms with E-state index in [1.165, 1.54) is 24.0 Å². The Morgan fingerprint density at radius 2 is 1.75 bits per heavy atom. The van der Waals surface area contributed by atoms with E-state index in [4.69, 9.17) is 0 Å². The summed E-state index contributed by atoms with van der Waals surface area (Å²) >= 11 is 0. The minimum atomic E-state index is 0. The van der Waals surface area contributed by atoms with Crippen LogP contribution in [0.4, 0.5) is 0 Å². The maximum absolute atomic E-state index is 3.22. The maximum Gasteiger partial charge on any atom is 1.00 e. The summed E-state index contributed by atoms with van der Waals surface area (Å²) in [6.45, 7) is 0. The molecule has 1 heteroatoms. The molecule has 0 bridgehead atoms. The van der Waals surface area contributed by atoms with Crippen LogP contribution >= 0.6 is 0 Å². The Morgan fingerprint density at radius 1 is 1.08 bits per heavy atom. The molecular formula is C11H11Li. The number of hydrogen-bond acceptors (Lipinski definition) is 0. The summed E-state index contributed by atoms with van der Waals surface area (Å²) in [4.78, 5) is 0. The second kappa shape index (κ2) is 4.55. The zero-order valence-electron chi connectivity index (χ0n) is 7.51. The van der Waals surface area contributed by atoms with Gasteiger partial charge in [-0.1, -0.05) is 36.8 Å². The van der Waals surface area contributed by atoms with Crippen LogP contribution in [0.15, 0.2) is 35.9 Å². The molecule has 56 valence electrons. The Morgan fingerprint density at radius 3 is 2.33 bits per heavy atom. The van der Waals surface area contributed by atoms with Gasteiger partial charge in [-0.2, -0.15) is 6.42 Å². The van der Waals surface area contributed by atoms with Gasteiger partial charge in [-0.15, -0.1) is 0 Å². The van der Waals surface area contributed by atoms with Gasteiger partial charge in [0.15, 0.2) is 0 Å². The topological polar surface area (TPSA) is 0 Å². The molecule has 0 aliphatic heterocycles. The first kappa shape index (κ1) is 9.64. The minimum absolute atomic E-state index is 0. The van der Waals surface area contributed by atoms with Crippen LogP contribution in [0.1, 0.15) is 18.4 Å². The van der Waals surface area contributed by atoms with Crippen LogP contribution in [-0.2, 0) is 6.42 Å². The predicted octanol–water partition coefficient (Wildman–Crippen LogP) is -0.244. The van der Waals surface area contributed by atoms with Crippen molar-refractivity contribution >= 4 is 0 Å². The van der Waals surface area contributed by atoms with E-state index in [0.29, 0.717) is 0 Å². The van der Waals surface area contributed by atoms with Crippen molar-refractivity contribution in [1.82, 2.24) is 0 Å². The number of rotatable bonds is 3. The third-order valence-corrected chi connectivity index (χ3v) is 1.99. The third-order valence-electron chi connectivity index (χ3n) is 1.99. The molecule has 0 heterocycles. The molecule has 0 nitrogen and oxygen atoms in total. The van der Waals surface area contributed by atoms with Crippen LogP contribution in [0.5, 0.6) is 0 Å². The Labute approximate surface area is 85.9 Å². The van der Waals surface area contributed by atoms with Crippen molar-refractivity contribution in [3.63, 3.8) is 0 Å². The van der Waals surface area contributed by atoms with E-state index < -0.39 is 0 Å². The van der Waals surface area contributed by atoms with E-state index >= 15 is 0 Å². The number of aryl methyl sites for hydroxylation is 1. The van der Waals surface area contributed by atoms with Crippen LogP contribution in [0, 0.1) is 6.08 Å². The van der Waals surface area contributed by atoms with Gasteiger partial charge >= 0.3 is 18.9 Å². The molecule has 2 rings (SSSR count). The van der Waals surface area contributed by atoms with Crippen molar-refractivity contribution in [3.8, 4) is 0 Å². The average Bonchev–Trinajstić information content (AvgIpc) is 2.86. The van der Waals surface area contributed by atoms with Crippen LogP contribution in [0.25, 0.3) is 0 Å². The van der Waals surface area contributed by atoms with Gasteiger partial charge in [0.25, 0.3) is 0 Å². The molecule has 0 saturated heterocycles. The average molecular weight is 150 g/mol. The van der Waals surface area contributed by atoms with Gasteiger partial charge in [-0.3, -0.25) is 5.57 Å². The van der Waals surface area contributed by atoms with Crippen molar-refractivity contribution in [3.05, 3.63) is 47.5 Å². The Kier molecular flexibility index (Phi) is 3.66.